The van der Waals surface area contributed by atoms with Gasteiger partial charge in [-0.25, -0.2) is 4.79 Å². The van der Waals surface area contributed by atoms with Crippen molar-refractivity contribution in [2.24, 2.45) is 10.9 Å². The Balaban J connectivity index is 1.47. The van der Waals surface area contributed by atoms with Crippen LogP contribution in [0.2, 0.25) is 0 Å². The molecule has 1 aliphatic heterocycles. The molecule has 0 bridgehead atoms. The highest BCUT2D eigenvalue weighted by atomic mass is 16.7. The molecule has 0 atom stereocenters. The van der Waals surface area contributed by atoms with Crippen LogP contribution in [0.15, 0.2) is 65.8 Å². The molecule has 0 amide bonds. The minimum Gasteiger partial charge on any atom is -0.454 e. The molecule has 6 heteroatoms. The summed E-state index contributed by atoms with van der Waals surface area (Å²) in [6, 6.07) is 18.8. The van der Waals surface area contributed by atoms with Gasteiger partial charge in [-0.1, -0.05) is 47.6 Å². The average molecular weight is 348 g/mol. The average Bonchev–Trinajstić information content (AvgIpc) is 3.14. The van der Waals surface area contributed by atoms with E-state index in [1.54, 1.807) is 18.2 Å². The van der Waals surface area contributed by atoms with Crippen molar-refractivity contribution >= 4 is 22.6 Å². The lowest BCUT2D eigenvalue weighted by Crippen LogP contribution is -2.17. The summed E-state index contributed by atoms with van der Waals surface area (Å²) in [6.45, 7) is 0.143. The van der Waals surface area contributed by atoms with Gasteiger partial charge in [0.1, 0.15) is 5.84 Å². The summed E-state index contributed by atoms with van der Waals surface area (Å²) < 4.78 is 10.5. The van der Waals surface area contributed by atoms with E-state index < -0.39 is 5.97 Å². The Hall–Kier alpha value is -3.54. The van der Waals surface area contributed by atoms with Gasteiger partial charge in [-0.15, -0.1) is 0 Å². The first-order valence-electron chi connectivity index (χ1n) is 8.11. The molecule has 0 spiro atoms. The van der Waals surface area contributed by atoms with Gasteiger partial charge in [-0.2, -0.15) is 0 Å². The molecular weight excluding hydrogens is 332 g/mol. The number of rotatable bonds is 4. The van der Waals surface area contributed by atoms with Crippen LogP contribution in [0, 0.1) is 0 Å². The number of hydrogen-bond acceptors (Lipinski definition) is 5. The van der Waals surface area contributed by atoms with Crippen LogP contribution in [0.25, 0.3) is 10.8 Å². The van der Waals surface area contributed by atoms with Crippen LogP contribution in [0.1, 0.15) is 15.9 Å². The standard InChI is InChI=1S/C20H16N2O4/c21-19(11-14-6-3-5-13-4-1-2-7-16(13)14)22-26-20(23)15-8-9-17-18(10-15)25-12-24-17/h1-10H,11-12H2,(H2,21,22). The molecule has 4 rings (SSSR count). The number of carbonyl (C=O) groups is 1. The minimum absolute atomic E-state index is 0.143. The summed E-state index contributed by atoms with van der Waals surface area (Å²) in [4.78, 5) is 17.1. The summed E-state index contributed by atoms with van der Waals surface area (Å²) in [5, 5.41) is 5.98. The smallest absolute Gasteiger partial charge is 0.365 e. The fourth-order valence-corrected chi connectivity index (χ4v) is 2.85. The SMILES string of the molecule is N/C(Cc1cccc2ccccc12)=N\OC(=O)c1ccc2c(c1)OCO2. The van der Waals surface area contributed by atoms with Crippen molar-refractivity contribution in [2.45, 2.75) is 6.42 Å². The van der Waals surface area contributed by atoms with Crippen molar-refractivity contribution in [3.63, 3.8) is 0 Å². The highest BCUT2D eigenvalue weighted by molar-refractivity contribution is 5.93. The first-order valence-corrected chi connectivity index (χ1v) is 8.11. The molecule has 1 heterocycles. The summed E-state index contributed by atoms with van der Waals surface area (Å²) in [5.74, 6) is 0.715. The maximum Gasteiger partial charge on any atom is 0.365 e. The number of benzene rings is 3. The molecule has 3 aromatic carbocycles. The topological polar surface area (TPSA) is 83.1 Å². The quantitative estimate of drug-likeness (QED) is 0.339. The van der Waals surface area contributed by atoms with E-state index in [4.69, 9.17) is 20.0 Å². The van der Waals surface area contributed by atoms with Crippen LogP contribution < -0.4 is 15.2 Å². The largest absolute Gasteiger partial charge is 0.454 e. The second-order valence-electron chi connectivity index (χ2n) is 5.84. The molecule has 0 aromatic heterocycles. The van der Waals surface area contributed by atoms with E-state index in [0.29, 0.717) is 23.5 Å². The van der Waals surface area contributed by atoms with Crippen molar-refractivity contribution in [1.82, 2.24) is 0 Å². The third kappa shape index (κ3) is 3.17. The first-order chi connectivity index (χ1) is 12.7. The molecule has 0 saturated carbocycles. The summed E-state index contributed by atoms with van der Waals surface area (Å²) in [6.07, 6.45) is 0.385. The Bertz CT molecular complexity index is 1010. The van der Waals surface area contributed by atoms with E-state index in [0.717, 1.165) is 16.3 Å². The van der Waals surface area contributed by atoms with Crippen LogP contribution in [0.5, 0.6) is 11.5 Å². The zero-order valence-electron chi connectivity index (χ0n) is 13.8. The van der Waals surface area contributed by atoms with E-state index in [1.807, 2.05) is 42.5 Å². The van der Waals surface area contributed by atoms with Crippen molar-refractivity contribution in [2.75, 3.05) is 6.79 Å². The van der Waals surface area contributed by atoms with Gasteiger partial charge in [0.05, 0.1) is 5.56 Å². The third-order valence-electron chi connectivity index (χ3n) is 4.11. The highest BCUT2D eigenvalue weighted by Gasteiger charge is 2.17. The number of amidine groups is 1. The molecule has 0 saturated heterocycles. The Morgan fingerprint density at radius 3 is 2.77 bits per heavy atom. The van der Waals surface area contributed by atoms with Gasteiger partial charge in [0.2, 0.25) is 6.79 Å². The Morgan fingerprint density at radius 2 is 1.85 bits per heavy atom. The lowest BCUT2D eigenvalue weighted by Gasteiger charge is -2.06. The highest BCUT2D eigenvalue weighted by Crippen LogP contribution is 2.32. The van der Waals surface area contributed by atoms with E-state index in [-0.39, 0.29) is 12.6 Å². The van der Waals surface area contributed by atoms with Crippen LogP contribution in [-0.2, 0) is 11.3 Å². The Labute approximate surface area is 149 Å². The van der Waals surface area contributed by atoms with Gasteiger partial charge < -0.3 is 20.0 Å². The molecule has 1 aliphatic rings. The van der Waals surface area contributed by atoms with E-state index in [9.17, 15) is 4.79 Å². The zero-order chi connectivity index (χ0) is 17.9. The number of nitrogens with zero attached hydrogens (tertiary/aromatic N) is 1. The van der Waals surface area contributed by atoms with E-state index in [1.165, 1.54) is 0 Å². The predicted molar refractivity (Wildman–Crippen MR) is 97.3 cm³/mol. The monoisotopic (exact) mass is 348 g/mol. The number of hydrogen-bond donors (Lipinski definition) is 1. The fourth-order valence-electron chi connectivity index (χ4n) is 2.85. The molecule has 3 aromatic rings. The molecule has 26 heavy (non-hydrogen) atoms. The molecule has 6 nitrogen and oxygen atoms in total. The number of nitrogens with two attached hydrogens (primary N) is 1. The van der Waals surface area contributed by atoms with Crippen molar-refractivity contribution in [3.8, 4) is 11.5 Å². The lowest BCUT2D eigenvalue weighted by molar-refractivity contribution is 0.0514. The molecular formula is C20H16N2O4. The Kier molecular flexibility index (Phi) is 4.15. The molecule has 2 N–H and O–H groups in total. The second-order valence-corrected chi connectivity index (χ2v) is 5.84. The molecule has 0 aliphatic carbocycles. The number of fused-ring (bicyclic) bond motifs is 2. The first kappa shape index (κ1) is 16.0. The van der Waals surface area contributed by atoms with Gasteiger partial charge in [0.25, 0.3) is 0 Å². The van der Waals surface area contributed by atoms with Crippen LogP contribution >= 0.6 is 0 Å². The number of carbonyl (C=O) groups excluding carboxylic acids is 1. The maximum atomic E-state index is 12.1. The summed E-state index contributed by atoms with van der Waals surface area (Å²) in [5.41, 5.74) is 7.27. The minimum atomic E-state index is -0.607. The molecule has 0 unspecified atom stereocenters. The fraction of sp³-hybridized carbons (Fsp3) is 0.100. The van der Waals surface area contributed by atoms with Gasteiger partial charge in [-0.3, -0.25) is 0 Å². The summed E-state index contributed by atoms with van der Waals surface area (Å²) in [7, 11) is 0. The van der Waals surface area contributed by atoms with E-state index >= 15 is 0 Å². The van der Waals surface area contributed by atoms with Crippen LogP contribution in [-0.4, -0.2) is 18.6 Å². The normalized spacial score (nSPS) is 13.0. The van der Waals surface area contributed by atoms with Gasteiger partial charge >= 0.3 is 5.97 Å². The van der Waals surface area contributed by atoms with E-state index in [2.05, 4.69) is 5.16 Å². The Morgan fingerprint density at radius 1 is 1.04 bits per heavy atom. The molecule has 0 radical (unpaired) electrons. The van der Waals surface area contributed by atoms with Gasteiger partial charge in [0.15, 0.2) is 11.5 Å². The predicted octanol–water partition coefficient (Wildman–Crippen LogP) is 3.24. The molecule has 130 valence electrons. The molecule has 0 fully saturated rings. The zero-order valence-corrected chi connectivity index (χ0v) is 13.8. The van der Waals surface area contributed by atoms with Crippen LogP contribution in [0.4, 0.5) is 0 Å². The summed E-state index contributed by atoms with van der Waals surface area (Å²) >= 11 is 0. The van der Waals surface area contributed by atoms with Crippen molar-refractivity contribution in [3.05, 3.63) is 71.8 Å². The van der Waals surface area contributed by atoms with Gasteiger partial charge in [0, 0.05) is 6.42 Å². The van der Waals surface area contributed by atoms with Crippen molar-refractivity contribution in [1.29, 1.82) is 0 Å². The van der Waals surface area contributed by atoms with Crippen LogP contribution in [0.3, 0.4) is 0 Å². The maximum absolute atomic E-state index is 12.1. The number of oxime groups is 1. The number of ether oxygens (including phenoxy) is 2. The third-order valence-corrected chi connectivity index (χ3v) is 4.11. The van der Waals surface area contributed by atoms with Gasteiger partial charge in [-0.05, 0) is 34.5 Å². The van der Waals surface area contributed by atoms with Crippen molar-refractivity contribution < 1.29 is 19.1 Å². The second kappa shape index (κ2) is 6.76. The lowest BCUT2D eigenvalue weighted by atomic mass is 10.0.